The molecule has 0 aliphatic heterocycles. The molecule has 0 saturated carbocycles. The van der Waals surface area contributed by atoms with Gasteiger partial charge in [-0.15, -0.1) is 0 Å². The van der Waals surface area contributed by atoms with E-state index in [9.17, 15) is 4.79 Å². The number of hydrogen-bond donors (Lipinski definition) is 0. The third kappa shape index (κ3) is 15.9. The molecule has 0 spiro atoms. The molecule has 5 heteroatoms. The molecule has 82 heavy (non-hydrogen) atoms. The van der Waals surface area contributed by atoms with Crippen molar-refractivity contribution in [1.82, 2.24) is 0 Å². The largest absolute Gasteiger partial charge is 0.662 e. The van der Waals surface area contributed by atoms with E-state index >= 15 is 0 Å². The van der Waals surface area contributed by atoms with Crippen LogP contribution in [0.4, 0.5) is 0 Å². The van der Waals surface area contributed by atoms with Crippen molar-refractivity contribution >= 4 is 5.97 Å². The summed E-state index contributed by atoms with van der Waals surface area (Å²) in [5.74, 6) is 0.640. The molecule has 0 aromatic heterocycles. The van der Waals surface area contributed by atoms with Crippen molar-refractivity contribution < 1.29 is 79.7 Å². The minimum absolute atomic E-state index is 0. The molecule has 8 aromatic rings. The molecule has 0 aliphatic carbocycles. The molecule has 2 radical (unpaired) electrons. The summed E-state index contributed by atoms with van der Waals surface area (Å²) in [6.07, 6.45) is 2.22. The molecule has 0 unspecified atom stereocenters. The average molecular weight is 1250 g/mol. The number of rotatable bonds is 10. The van der Waals surface area contributed by atoms with Crippen LogP contribution in [0, 0.1) is 152 Å². The smallest absolute Gasteiger partial charge is 0.306 e. The van der Waals surface area contributed by atoms with Crippen LogP contribution in [-0.2, 0) is 83.0 Å². The summed E-state index contributed by atoms with van der Waals surface area (Å²) in [5.41, 5.74) is 40.8. The summed E-state index contributed by atoms with van der Waals surface area (Å²) in [4.78, 5) is 12.0. The van der Waals surface area contributed by atoms with Crippen molar-refractivity contribution in [3.8, 4) is 50.3 Å². The van der Waals surface area contributed by atoms with Gasteiger partial charge in [0.05, 0.1) is 11.3 Å². The summed E-state index contributed by atoms with van der Waals surface area (Å²) in [7, 11) is 0. The Balaban J connectivity index is 0.000000285. The van der Waals surface area contributed by atoms with Crippen LogP contribution >= 0.6 is 0 Å². The topological polar surface area (TPSA) is 35.5 Å². The van der Waals surface area contributed by atoms with E-state index in [-0.39, 0.29) is 71.4 Å². The number of hydrogen-bond acceptors (Lipinski definition) is 3. The fraction of sp³-hybridized carbons (Fsp3) is 0.338. The number of benzene rings is 8. The molecule has 3 nitrogen and oxygen atoms in total. The van der Waals surface area contributed by atoms with Crippen LogP contribution in [0.25, 0.3) is 44.5 Å². The van der Waals surface area contributed by atoms with Gasteiger partial charge in [0.15, 0.2) is 0 Å². The van der Waals surface area contributed by atoms with Gasteiger partial charge in [0, 0.05) is 65.4 Å². The van der Waals surface area contributed by atoms with Gasteiger partial charge < -0.3 is 9.47 Å². The van der Waals surface area contributed by atoms with Crippen LogP contribution in [0.1, 0.15) is 160 Å². The molecule has 0 bridgehead atoms. The zero-order valence-electron chi connectivity index (χ0n) is 54.7. The number of esters is 1. The van der Waals surface area contributed by atoms with Gasteiger partial charge in [-0.05, 0) is 330 Å². The minimum atomic E-state index is -0.300. The first kappa shape index (κ1) is 71.5. The first-order valence-electron chi connectivity index (χ1n) is 28.9. The maximum Gasteiger partial charge on any atom is 0.306 e. The fourth-order valence-corrected chi connectivity index (χ4v) is 10.9. The predicted octanol–water partition coefficient (Wildman–Crippen LogP) is 21.6. The summed E-state index contributed by atoms with van der Waals surface area (Å²) in [5, 5.41) is 0. The minimum Gasteiger partial charge on any atom is -0.662 e. The van der Waals surface area contributed by atoms with Gasteiger partial charge in [-0.1, -0.05) is 98.8 Å². The first-order valence-corrected chi connectivity index (χ1v) is 28.9. The van der Waals surface area contributed by atoms with Gasteiger partial charge in [0.25, 0.3) is 0 Å². The van der Waals surface area contributed by atoms with Gasteiger partial charge in [-0.25, -0.2) is 4.79 Å². The molecule has 0 fully saturated rings. The van der Waals surface area contributed by atoms with Crippen LogP contribution in [-0.4, -0.2) is 5.97 Å². The molecule has 428 valence electrons. The Morgan fingerprint density at radius 2 is 0.561 bits per heavy atom. The van der Waals surface area contributed by atoms with Crippen molar-refractivity contribution in [3.63, 3.8) is 0 Å². The Bertz CT molecular complexity index is 3440. The van der Waals surface area contributed by atoms with E-state index < -0.39 is 0 Å². The molecule has 0 aliphatic rings. The standard InChI is InChI=1S/C20H23O2.C19H23O.2C19H24.2Y/c1-7-22-20(21)19-11-10-18(15(5)16(19)6)17-9-8-12(2)13(3)14(17)4;1-7-20-19-11-10-18(15(5)16(19)6)17-9-8-12(2)13(3)14(17)4;2*1-7-17-9-11-19(16(6)14(17)4)18-10-8-12(2)13(3)15(18)5;;/h7-11H,1-6H3;7-11H,1-6H3;2*8-11H,7H2,1-6H3;;/q2*-1;;;;. The zero-order chi connectivity index (χ0) is 59.6. The molecule has 8 aromatic carbocycles. The second-order valence-corrected chi connectivity index (χ2v) is 22.2. The van der Waals surface area contributed by atoms with Crippen LogP contribution in [0.3, 0.4) is 0 Å². The van der Waals surface area contributed by atoms with Gasteiger partial charge in [0.2, 0.25) is 0 Å². The van der Waals surface area contributed by atoms with Crippen LogP contribution in [0.2, 0.25) is 0 Å². The van der Waals surface area contributed by atoms with E-state index in [4.69, 9.17) is 9.47 Å². The Hall–Kier alpha value is -4.76. The van der Waals surface area contributed by atoms with E-state index in [0.29, 0.717) is 5.56 Å². The summed E-state index contributed by atoms with van der Waals surface area (Å²) in [6, 6.07) is 35.0. The SMILES string of the molecule is CCc1ccc(-c2ccc(C)c(C)c2C)c(C)c1C.CCc1ccc(-c2ccc(C)c(C)c2C)c(C)c1C.C[CH-]OC(=O)c1ccc(-c2ccc(C)c(C)c2C)c(C)c1C.C[CH-]Oc1ccc(-c2ccc(C)c(C)c2C)c(C)c1C.[Y].[Y]. The number of carbonyl (C=O) groups excluding carboxylic acids is 1. The molecule has 8 rings (SSSR count). The number of carbonyl (C=O) groups is 1. The van der Waals surface area contributed by atoms with E-state index in [1.54, 1.807) is 13.5 Å². The quantitative estimate of drug-likeness (QED) is 0.101. The molecule has 0 atom stereocenters. The zero-order valence-corrected chi connectivity index (χ0v) is 60.4. The van der Waals surface area contributed by atoms with Crippen LogP contribution < -0.4 is 4.74 Å². The Labute approximate surface area is 548 Å². The van der Waals surface area contributed by atoms with Gasteiger partial charge in [-0.3, -0.25) is 0 Å². The molecule has 0 amide bonds. The first-order chi connectivity index (χ1) is 37.8. The number of ether oxygens (including phenoxy) is 2. The fourth-order valence-electron chi connectivity index (χ4n) is 10.9. The molecular formula is C77H94O3Y2-2. The van der Waals surface area contributed by atoms with E-state index in [2.05, 4.69) is 230 Å². The molecular weight excluding hydrogens is 1150 g/mol. The van der Waals surface area contributed by atoms with Gasteiger partial charge in [0.1, 0.15) is 0 Å². The maximum atomic E-state index is 12.0. The third-order valence-electron chi connectivity index (χ3n) is 18.2. The van der Waals surface area contributed by atoms with Gasteiger partial charge >= 0.3 is 5.97 Å². The van der Waals surface area contributed by atoms with Crippen molar-refractivity contribution in [1.29, 1.82) is 0 Å². The van der Waals surface area contributed by atoms with Gasteiger partial charge in [-0.2, -0.15) is 27.1 Å². The second kappa shape index (κ2) is 31.9. The van der Waals surface area contributed by atoms with Crippen LogP contribution in [0.15, 0.2) is 97.1 Å². The Morgan fingerprint density at radius 1 is 0.305 bits per heavy atom. The summed E-state index contributed by atoms with van der Waals surface area (Å²) in [6.45, 7) is 54.8. The monoisotopic (exact) mass is 1240 g/mol. The van der Waals surface area contributed by atoms with E-state index in [1.807, 2.05) is 26.0 Å². The Kier molecular flexibility index (Phi) is 27.9. The van der Waals surface area contributed by atoms with Crippen molar-refractivity contribution in [2.45, 2.75) is 179 Å². The van der Waals surface area contributed by atoms with E-state index in [0.717, 1.165) is 29.7 Å². The maximum absolute atomic E-state index is 12.0. The molecule has 0 saturated heterocycles. The molecule has 0 N–H and O–H groups in total. The normalized spacial score (nSPS) is 10.5. The van der Waals surface area contributed by atoms with Crippen molar-refractivity contribution in [3.05, 3.63) is 238 Å². The summed E-state index contributed by atoms with van der Waals surface area (Å²) >= 11 is 0. The Morgan fingerprint density at radius 3 is 0.854 bits per heavy atom. The number of aryl methyl sites for hydroxylation is 6. The van der Waals surface area contributed by atoms with Crippen LogP contribution in [0.5, 0.6) is 5.75 Å². The average Bonchev–Trinajstić information content (AvgIpc) is 3.65. The predicted molar refractivity (Wildman–Crippen MR) is 347 cm³/mol. The second-order valence-electron chi connectivity index (χ2n) is 22.2. The molecule has 0 heterocycles. The summed E-state index contributed by atoms with van der Waals surface area (Å²) < 4.78 is 10.6. The van der Waals surface area contributed by atoms with E-state index in [1.165, 1.54) is 162 Å². The van der Waals surface area contributed by atoms with Crippen molar-refractivity contribution in [2.75, 3.05) is 0 Å². The van der Waals surface area contributed by atoms with Crippen molar-refractivity contribution in [2.24, 2.45) is 0 Å². The third-order valence-corrected chi connectivity index (χ3v) is 18.2.